The highest BCUT2D eigenvalue weighted by Gasteiger charge is 2.21. The summed E-state index contributed by atoms with van der Waals surface area (Å²) in [6, 6.07) is 5.73. The maximum Gasteiger partial charge on any atom is 0.332 e. The predicted octanol–water partition coefficient (Wildman–Crippen LogP) is 0.990. The second-order valence-electron chi connectivity index (χ2n) is 7.79. The van der Waals surface area contributed by atoms with Crippen LogP contribution in [0.15, 0.2) is 38.9 Å². The molecule has 4 rings (SSSR count). The van der Waals surface area contributed by atoms with Gasteiger partial charge in [0.25, 0.3) is 11.2 Å². The van der Waals surface area contributed by atoms with Crippen molar-refractivity contribution >= 4 is 34.4 Å². The van der Waals surface area contributed by atoms with Crippen molar-refractivity contribution in [1.82, 2.24) is 24.4 Å². The molecule has 1 amide bonds. The quantitative estimate of drug-likeness (QED) is 0.223. The molecule has 12 nitrogen and oxygen atoms in total. The van der Waals surface area contributed by atoms with E-state index in [0.717, 1.165) is 29.2 Å². The van der Waals surface area contributed by atoms with Crippen LogP contribution in [-0.4, -0.2) is 54.9 Å². The molecule has 34 heavy (non-hydrogen) atoms. The van der Waals surface area contributed by atoms with Gasteiger partial charge in [0.05, 0.1) is 16.8 Å². The smallest absolute Gasteiger partial charge is 0.332 e. The highest BCUT2D eigenvalue weighted by atomic mass is 32.2. The largest absolute Gasteiger partial charge is 0.376 e. The monoisotopic (exact) mass is 486 g/mol. The van der Waals surface area contributed by atoms with Crippen molar-refractivity contribution in [3.63, 3.8) is 0 Å². The first-order valence-electron chi connectivity index (χ1n) is 10.5. The van der Waals surface area contributed by atoms with E-state index in [2.05, 4.69) is 15.3 Å². The number of nitrogens with one attached hydrogen (secondary N) is 1. The number of benzene rings is 1. The lowest BCUT2D eigenvalue weighted by atomic mass is 10.2. The fourth-order valence-corrected chi connectivity index (χ4v) is 4.48. The second kappa shape index (κ2) is 9.73. The lowest BCUT2D eigenvalue weighted by Gasteiger charge is -2.13. The highest BCUT2D eigenvalue weighted by Crippen LogP contribution is 2.27. The van der Waals surface area contributed by atoms with Crippen molar-refractivity contribution in [3.8, 4) is 11.4 Å². The molecule has 3 aromatic rings. The van der Waals surface area contributed by atoms with E-state index in [4.69, 9.17) is 4.74 Å². The van der Waals surface area contributed by atoms with E-state index < -0.39 is 16.2 Å². The molecule has 1 fully saturated rings. The Hall–Kier alpha value is -3.58. The highest BCUT2D eigenvalue weighted by molar-refractivity contribution is 8.00. The van der Waals surface area contributed by atoms with Crippen LogP contribution in [0, 0.1) is 10.1 Å². The number of nitro benzene ring substituents is 1. The van der Waals surface area contributed by atoms with Crippen LogP contribution in [0.5, 0.6) is 0 Å². The summed E-state index contributed by atoms with van der Waals surface area (Å²) in [5, 5.41) is 14.3. The lowest BCUT2D eigenvalue weighted by Crippen LogP contribution is -2.38. The minimum atomic E-state index is -0.592. The number of hydrogen-bond acceptors (Lipinski definition) is 9. The van der Waals surface area contributed by atoms with Gasteiger partial charge < -0.3 is 10.1 Å². The number of carbonyl (C=O) groups excluding carboxylic acids is 1. The number of rotatable bonds is 7. The summed E-state index contributed by atoms with van der Waals surface area (Å²) in [6.45, 7) is 1.09. The Morgan fingerprint density at radius 2 is 2.09 bits per heavy atom. The molecule has 1 aliphatic rings. The number of nitro groups is 1. The van der Waals surface area contributed by atoms with E-state index in [1.165, 1.54) is 36.9 Å². The van der Waals surface area contributed by atoms with Crippen molar-refractivity contribution in [2.45, 2.75) is 24.0 Å². The molecule has 0 radical (unpaired) electrons. The maximum absolute atomic E-state index is 12.9. The van der Waals surface area contributed by atoms with Crippen molar-refractivity contribution in [2.24, 2.45) is 14.1 Å². The molecule has 1 N–H and O–H groups in total. The number of amides is 1. The minimum absolute atomic E-state index is 0.00359. The molecular weight excluding hydrogens is 464 g/mol. The first kappa shape index (κ1) is 23.6. The number of nitrogens with zero attached hydrogens (tertiary/aromatic N) is 5. The van der Waals surface area contributed by atoms with Crippen LogP contribution in [0.4, 0.5) is 5.69 Å². The molecule has 0 bridgehead atoms. The number of fused-ring (bicyclic) bond motifs is 1. The van der Waals surface area contributed by atoms with Crippen molar-refractivity contribution in [2.75, 3.05) is 18.9 Å². The third kappa shape index (κ3) is 4.70. The Labute approximate surface area is 197 Å². The third-order valence-electron chi connectivity index (χ3n) is 5.47. The molecule has 178 valence electrons. The Morgan fingerprint density at radius 1 is 1.29 bits per heavy atom. The summed E-state index contributed by atoms with van der Waals surface area (Å²) in [4.78, 5) is 57.3. The van der Waals surface area contributed by atoms with Gasteiger partial charge in [0, 0.05) is 44.9 Å². The van der Waals surface area contributed by atoms with E-state index in [1.807, 2.05) is 0 Å². The average molecular weight is 487 g/mol. The molecule has 1 aromatic carbocycles. The number of aryl methyl sites for hydroxylation is 1. The second-order valence-corrected chi connectivity index (χ2v) is 8.76. The van der Waals surface area contributed by atoms with Gasteiger partial charge in [-0.05, 0) is 12.8 Å². The van der Waals surface area contributed by atoms with Gasteiger partial charge in [-0.1, -0.05) is 23.9 Å². The number of carbonyl (C=O) groups is 1. The minimum Gasteiger partial charge on any atom is -0.376 e. The summed E-state index contributed by atoms with van der Waals surface area (Å²) in [5.74, 6) is -0.188. The van der Waals surface area contributed by atoms with E-state index >= 15 is 0 Å². The number of non-ortho nitro benzene ring substituents is 1. The van der Waals surface area contributed by atoms with Gasteiger partial charge >= 0.3 is 5.69 Å². The zero-order valence-corrected chi connectivity index (χ0v) is 19.3. The summed E-state index contributed by atoms with van der Waals surface area (Å²) < 4.78 is 7.66. The van der Waals surface area contributed by atoms with Gasteiger partial charge in [0.15, 0.2) is 11.5 Å². The number of thioether (sulfide) groups is 1. The maximum atomic E-state index is 12.9. The Bertz CT molecular complexity index is 1390. The van der Waals surface area contributed by atoms with Gasteiger partial charge in [-0.15, -0.1) is 0 Å². The van der Waals surface area contributed by atoms with Gasteiger partial charge in [-0.2, -0.15) is 0 Å². The standard InChI is InChI=1S/C21H22N6O6S/c1-25-18-16(20(29)26(2)21(25)30)19(34-11-15(28)22-10-14-7-4-8-33-14)24-17(23-18)12-5-3-6-13(9-12)27(31)32/h3,5-6,9,14H,4,7-8,10-11H2,1-2H3,(H,22,28)/t14-/m0/s1. The van der Waals surface area contributed by atoms with Crippen molar-refractivity contribution in [3.05, 3.63) is 55.2 Å². The SMILES string of the molecule is Cn1c(=O)c2c(SCC(=O)NC[C@@H]3CCCO3)nc(-c3cccc([N+](=O)[O-])c3)nc2n(C)c1=O. The molecule has 1 atom stereocenters. The molecule has 1 aliphatic heterocycles. The topological polar surface area (TPSA) is 151 Å². The summed E-state index contributed by atoms with van der Waals surface area (Å²) in [6.07, 6.45) is 1.85. The third-order valence-corrected chi connectivity index (χ3v) is 6.45. The van der Waals surface area contributed by atoms with Crippen LogP contribution >= 0.6 is 11.8 Å². The Balaban J connectivity index is 1.73. The molecule has 0 spiro atoms. The molecular formula is C21H22N6O6S. The van der Waals surface area contributed by atoms with Crippen LogP contribution in [0.3, 0.4) is 0 Å². The van der Waals surface area contributed by atoms with E-state index in [-0.39, 0.29) is 45.3 Å². The van der Waals surface area contributed by atoms with Crippen LogP contribution in [0.25, 0.3) is 22.4 Å². The molecule has 0 aliphatic carbocycles. The van der Waals surface area contributed by atoms with Crippen LogP contribution < -0.4 is 16.6 Å². The fourth-order valence-electron chi connectivity index (χ4n) is 3.64. The van der Waals surface area contributed by atoms with Gasteiger partial charge in [-0.25, -0.2) is 14.8 Å². The average Bonchev–Trinajstić information content (AvgIpc) is 3.37. The van der Waals surface area contributed by atoms with Crippen molar-refractivity contribution < 1.29 is 14.5 Å². The molecule has 0 unspecified atom stereocenters. The Kier molecular flexibility index (Phi) is 6.75. The first-order chi connectivity index (χ1) is 16.3. The predicted molar refractivity (Wildman–Crippen MR) is 125 cm³/mol. The fraction of sp³-hybridized carbons (Fsp3) is 0.381. The molecule has 0 saturated carbocycles. The molecule has 1 saturated heterocycles. The molecule has 2 aromatic heterocycles. The number of aromatic nitrogens is 4. The summed E-state index contributed by atoms with van der Waals surface area (Å²) in [7, 11) is 2.82. The normalized spacial score (nSPS) is 15.5. The van der Waals surface area contributed by atoms with Crippen LogP contribution in [0.1, 0.15) is 12.8 Å². The van der Waals surface area contributed by atoms with Crippen molar-refractivity contribution in [1.29, 1.82) is 0 Å². The van der Waals surface area contributed by atoms with E-state index in [9.17, 15) is 24.5 Å². The van der Waals surface area contributed by atoms with Crippen LogP contribution in [-0.2, 0) is 23.6 Å². The van der Waals surface area contributed by atoms with Gasteiger partial charge in [0.1, 0.15) is 10.4 Å². The zero-order valence-electron chi connectivity index (χ0n) is 18.5. The first-order valence-corrected chi connectivity index (χ1v) is 11.5. The summed E-state index contributed by atoms with van der Waals surface area (Å²) in [5.41, 5.74) is -0.903. The Morgan fingerprint density at radius 3 is 2.79 bits per heavy atom. The van der Waals surface area contributed by atoms with Gasteiger partial charge in [0.2, 0.25) is 5.91 Å². The van der Waals surface area contributed by atoms with E-state index in [0.29, 0.717) is 18.7 Å². The number of hydrogen-bond donors (Lipinski definition) is 1. The zero-order chi connectivity index (χ0) is 24.4. The number of ether oxygens (including phenoxy) is 1. The molecule has 13 heteroatoms. The lowest BCUT2D eigenvalue weighted by molar-refractivity contribution is -0.384. The summed E-state index contributed by atoms with van der Waals surface area (Å²) >= 11 is 1.03. The molecule has 3 heterocycles. The van der Waals surface area contributed by atoms with Crippen LogP contribution in [0.2, 0.25) is 0 Å². The van der Waals surface area contributed by atoms with Gasteiger partial charge in [-0.3, -0.25) is 28.8 Å². The van der Waals surface area contributed by atoms with E-state index in [1.54, 1.807) is 6.07 Å².